The molecule has 0 aromatic heterocycles. The molecule has 0 bridgehead atoms. The topological polar surface area (TPSA) is 0 Å². The van der Waals surface area contributed by atoms with Crippen molar-refractivity contribution in [1.29, 1.82) is 0 Å². The maximum atomic E-state index is 13.6. The van der Waals surface area contributed by atoms with E-state index in [-0.39, 0.29) is 5.82 Å². The highest BCUT2D eigenvalue weighted by molar-refractivity contribution is 6.33. The van der Waals surface area contributed by atoms with Gasteiger partial charge in [0, 0.05) is 10.6 Å². The third-order valence-electron chi connectivity index (χ3n) is 2.35. The van der Waals surface area contributed by atoms with Gasteiger partial charge in [-0.25, -0.2) is 4.39 Å². The van der Waals surface area contributed by atoms with Gasteiger partial charge in [-0.05, 0) is 17.7 Å². The van der Waals surface area contributed by atoms with E-state index in [0.29, 0.717) is 10.6 Å². The lowest BCUT2D eigenvalue weighted by atomic mass is 10.0. The van der Waals surface area contributed by atoms with Crippen LogP contribution < -0.4 is 0 Å². The van der Waals surface area contributed by atoms with E-state index in [9.17, 15) is 4.39 Å². The van der Waals surface area contributed by atoms with Crippen LogP contribution in [0.25, 0.3) is 0 Å². The first kappa shape index (κ1) is 11.4. The van der Waals surface area contributed by atoms with Crippen molar-refractivity contribution in [2.24, 2.45) is 0 Å². The van der Waals surface area contributed by atoms with Crippen molar-refractivity contribution in [1.82, 2.24) is 0 Å². The number of rotatable bonds is 2. The smallest absolute Gasteiger partial charge is 0.129 e. The zero-order valence-corrected chi connectivity index (χ0v) is 9.84. The molecular formula is C13H9Cl2F. The summed E-state index contributed by atoms with van der Waals surface area (Å²) < 4.78 is 13.6. The molecule has 0 aliphatic carbocycles. The summed E-state index contributed by atoms with van der Waals surface area (Å²) in [4.78, 5) is 0. The van der Waals surface area contributed by atoms with Crippen molar-refractivity contribution in [2.75, 3.05) is 0 Å². The van der Waals surface area contributed by atoms with Gasteiger partial charge in [-0.15, -0.1) is 11.6 Å². The number of hydrogen-bond donors (Lipinski definition) is 0. The normalized spacial score (nSPS) is 12.4. The van der Waals surface area contributed by atoms with Gasteiger partial charge in [0.2, 0.25) is 0 Å². The van der Waals surface area contributed by atoms with E-state index in [4.69, 9.17) is 23.2 Å². The van der Waals surface area contributed by atoms with Crippen molar-refractivity contribution in [3.63, 3.8) is 0 Å². The number of hydrogen-bond acceptors (Lipinski definition) is 0. The van der Waals surface area contributed by atoms with Crippen molar-refractivity contribution in [3.8, 4) is 0 Å². The van der Waals surface area contributed by atoms with Crippen LogP contribution in [-0.2, 0) is 0 Å². The molecule has 0 saturated carbocycles. The van der Waals surface area contributed by atoms with Gasteiger partial charge in [0.25, 0.3) is 0 Å². The van der Waals surface area contributed by atoms with Gasteiger partial charge in [-0.1, -0.05) is 48.0 Å². The first-order chi connectivity index (χ1) is 7.70. The van der Waals surface area contributed by atoms with Crippen LogP contribution in [0.2, 0.25) is 5.02 Å². The van der Waals surface area contributed by atoms with Crippen LogP contribution >= 0.6 is 23.2 Å². The Morgan fingerprint density at radius 2 is 1.62 bits per heavy atom. The largest absolute Gasteiger partial charge is 0.207 e. The third kappa shape index (κ3) is 2.21. The molecule has 1 unspecified atom stereocenters. The standard InChI is InChI=1S/C13H9Cl2F/c14-10-7-4-8-11(16)12(10)13(15)9-5-2-1-3-6-9/h1-8,13H. The zero-order chi connectivity index (χ0) is 11.5. The lowest BCUT2D eigenvalue weighted by molar-refractivity contribution is 0.612. The Morgan fingerprint density at radius 3 is 2.25 bits per heavy atom. The maximum Gasteiger partial charge on any atom is 0.129 e. The number of benzene rings is 2. The Balaban J connectivity index is 2.46. The molecule has 2 aromatic carbocycles. The predicted molar refractivity (Wildman–Crippen MR) is 65.5 cm³/mol. The van der Waals surface area contributed by atoms with E-state index in [1.165, 1.54) is 6.07 Å². The van der Waals surface area contributed by atoms with Gasteiger partial charge >= 0.3 is 0 Å². The highest BCUT2D eigenvalue weighted by Gasteiger charge is 2.17. The molecule has 2 aromatic rings. The summed E-state index contributed by atoms with van der Waals surface area (Å²) in [7, 11) is 0. The van der Waals surface area contributed by atoms with Crippen molar-refractivity contribution in [2.45, 2.75) is 5.38 Å². The summed E-state index contributed by atoms with van der Waals surface area (Å²) in [6, 6.07) is 13.9. The quantitative estimate of drug-likeness (QED) is 0.675. The Bertz CT molecular complexity index is 462. The highest BCUT2D eigenvalue weighted by atomic mass is 35.5. The van der Waals surface area contributed by atoms with Gasteiger partial charge < -0.3 is 0 Å². The van der Waals surface area contributed by atoms with Crippen LogP contribution in [-0.4, -0.2) is 0 Å². The van der Waals surface area contributed by atoms with Crippen LogP contribution in [0.3, 0.4) is 0 Å². The van der Waals surface area contributed by atoms with Gasteiger partial charge in [0.05, 0.1) is 5.38 Å². The molecule has 2 rings (SSSR count). The summed E-state index contributed by atoms with van der Waals surface area (Å²) in [5, 5.41) is -0.209. The summed E-state index contributed by atoms with van der Waals surface area (Å²) in [6.45, 7) is 0. The highest BCUT2D eigenvalue weighted by Crippen LogP contribution is 2.35. The molecule has 16 heavy (non-hydrogen) atoms. The molecule has 0 spiro atoms. The zero-order valence-electron chi connectivity index (χ0n) is 8.33. The Hall–Kier alpha value is -1.05. The minimum atomic E-state index is -0.560. The van der Waals surface area contributed by atoms with Gasteiger partial charge in [0.1, 0.15) is 5.82 Å². The van der Waals surface area contributed by atoms with E-state index in [0.717, 1.165) is 5.56 Å². The van der Waals surface area contributed by atoms with Crippen LogP contribution in [0.1, 0.15) is 16.5 Å². The fourth-order valence-electron chi connectivity index (χ4n) is 1.54. The second-order valence-electron chi connectivity index (χ2n) is 3.41. The van der Waals surface area contributed by atoms with Crippen LogP contribution in [0, 0.1) is 5.82 Å². The molecule has 0 fully saturated rings. The molecule has 0 N–H and O–H groups in total. The second kappa shape index (κ2) is 4.86. The Labute approximate surface area is 104 Å². The summed E-state index contributed by atoms with van der Waals surface area (Å²) in [6.07, 6.45) is 0. The van der Waals surface area contributed by atoms with E-state index in [1.807, 2.05) is 30.3 Å². The van der Waals surface area contributed by atoms with Gasteiger partial charge in [-0.3, -0.25) is 0 Å². The van der Waals surface area contributed by atoms with E-state index < -0.39 is 5.38 Å². The minimum absolute atomic E-state index is 0.331. The fourth-order valence-corrected chi connectivity index (χ4v) is 2.24. The maximum absolute atomic E-state index is 13.6. The molecule has 0 heterocycles. The Morgan fingerprint density at radius 1 is 0.938 bits per heavy atom. The molecule has 82 valence electrons. The predicted octanol–water partition coefficient (Wildman–Crippen LogP) is 4.81. The molecule has 0 amide bonds. The lowest BCUT2D eigenvalue weighted by Gasteiger charge is -2.12. The second-order valence-corrected chi connectivity index (χ2v) is 4.25. The Kier molecular flexibility index (Phi) is 3.47. The average Bonchev–Trinajstić information content (AvgIpc) is 2.30. The van der Waals surface area contributed by atoms with E-state index in [2.05, 4.69) is 0 Å². The SMILES string of the molecule is Fc1cccc(Cl)c1C(Cl)c1ccccc1. The van der Waals surface area contributed by atoms with Gasteiger partial charge in [0.15, 0.2) is 0 Å². The van der Waals surface area contributed by atoms with Gasteiger partial charge in [-0.2, -0.15) is 0 Å². The summed E-state index contributed by atoms with van der Waals surface area (Å²) in [5.41, 5.74) is 1.16. The van der Waals surface area contributed by atoms with Crippen molar-refractivity contribution < 1.29 is 4.39 Å². The van der Waals surface area contributed by atoms with Crippen LogP contribution in [0.15, 0.2) is 48.5 Å². The molecule has 0 nitrogen and oxygen atoms in total. The first-order valence-electron chi connectivity index (χ1n) is 4.83. The fraction of sp³-hybridized carbons (Fsp3) is 0.0769. The summed E-state index contributed by atoms with van der Waals surface area (Å²) >= 11 is 12.2. The minimum Gasteiger partial charge on any atom is -0.207 e. The number of halogens is 3. The van der Waals surface area contributed by atoms with Crippen molar-refractivity contribution in [3.05, 3.63) is 70.5 Å². The molecular weight excluding hydrogens is 246 g/mol. The average molecular weight is 255 g/mol. The van der Waals surface area contributed by atoms with Crippen LogP contribution in [0.5, 0.6) is 0 Å². The first-order valence-corrected chi connectivity index (χ1v) is 5.64. The number of alkyl halides is 1. The molecule has 0 aliphatic heterocycles. The summed E-state index contributed by atoms with van der Waals surface area (Å²) in [5.74, 6) is -0.378. The van der Waals surface area contributed by atoms with E-state index >= 15 is 0 Å². The molecule has 3 heteroatoms. The monoisotopic (exact) mass is 254 g/mol. The molecule has 1 atom stereocenters. The van der Waals surface area contributed by atoms with E-state index in [1.54, 1.807) is 12.1 Å². The van der Waals surface area contributed by atoms with Crippen LogP contribution in [0.4, 0.5) is 4.39 Å². The lowest BCUT2D eigenvalue weighted by Crippen LogP contribution is -1.97. The van der Waals surface area contributed by atoms with Crippen molar-refractivity contribution >= 4 is 23.2 Å². The molecule has 0 saturated heterocycles. The molecule has 0 aliphatic rings. The third-order valence-corrected chi connectivity index (χ3v) is 3.15. The molecule has 0 radical (unpaired) electrons.